The summed E-state index contributed by atoms with van der Waals surface area (Å²) < 4.78 is 31.7. The third-order valence-corrected chi connectivity index (χ3v) is 7.17. The molecule has 3 aromatic rings. The fourth-order valence-corrected chi connectivity index (χ4v) is 5.44. The van der Waals surface area contributed by atoms with Gasteiger partial charge in [0.1, 0.15) is 5.69 Å². The minimum atomic E-state index is -5.08. The Kier molecular flexibility index (Phi) is 7.75. The van der Waals surface area contributed by atoms with Gasteiger partial charge >= 0.3 is 12.1 Å². The molecule has 2 aliphatic heterocycles. The van der Waals surface area contributed by atoms with Gasteiger partial charge in [0.2, 0.25) is 0 Å². The topological polar surface area (TPSA) is 73.7 Å². The zero-order chi connectivity index (χ0) is 25.8. The highest BCUT2D eigenvalue weighted by molar-refractivity contribution is 7.07. The number of aromatic nitrogens is 1. The van der Waals surface area contributed by atoms with Gasteiger partial charge in [-0.15, -0.1) is 11.3 Å². The molecule has 5 rings (SSSR count). The van der Waals surface area contributed by atoms with Gasteiger partial charge in [-0.2, -0.15) is 13.2 Å². The van der Waals surface area contributed by atoms with E-state index in [1.165, 1.54) is 22.5 Å². The summed E-state index contributed by atoms with van der Waals surface area (Å²) in [5.74, 6) is -2.29. The molecule has 3 heterocycles. The van der Waals surface area contributed by atoms with Crippen molar-refractivity contribution < 1.29 is 27.9 Å². The normalized spacial score (nSPS) is 16.9. The highest BCUT2D eigenvalue weighted by Crippen LogP contribution is 2.41. The first-order chi connectivity index (χ1) is 17.2. The van der Waals surface area contributed by atoms with Gasteiger partial charge in [0.25, 0.3) is 5.91 Å². The molecule has 10 heteroatoms. The van der Waals surface area contributed by atoms with Crippen molar-refractivity contribution in [3.8, 4) is 0 Å². The molecule has 0 atom stereocenters. The Morgan fingerprint density at radius 1 is 1.00 bits per heavy atom. The van der Waals surface area contributed by atoms with Crippen LogP contribution >= 0.6 is 11.3 Å². The van der Waals surface area contributed by atoms with E-state index in [-0.39, 0.29) is 11.3 Å². The van der Waals surface area contributed by atoms with Crippen LogP contribution in [0, 0.1) is 5.41 Å². The largest absolute Gasteiger partial charge is 0.490 e. The average molecular weight is 518 g/mol. The van der Waals surface area contributed by atoms with Gasteiger partial charge in [-0.05, 0) is 17.5 Å². The number of amides is 1. The van der Waals surface area contributed by atoms with Crippen LogP contribution in [0.1, 0.15) is 34.0 Å². The zero-order valence-corrected chi connectivity index (χ0v) is 20.2. The fraction of sp³-hybridized carbons (Fsp3) is 0.346. The van der Waals surface area contributed by atoms with Crippen molar-refractivity contribution in [2.45, 2.75) is 18.5 Å². The number of hydrogen-bond acceptors (Lipinski definition) is 5. The Hall–Kier alpha value is -3.24. The van der Waals surface area contributed by atoms with E-state index >= 15 is 0 Å². The molecule has 2 saturated heterocycles. The van der Waals surface area contributed by atoms with E-state index in [9.17, 15) is 18.0 Å². The Labute approximate surface area is 211 Å². The first-order valence-electron chi connectivity index (χ1n) is 11.5. The fourth-order valence-electron chi connectivity index (χ4n) is 4.91. The molecule has 0 radical (unpaired) electrons. The number of likely N-dealkylation sites (tertiary alicyclic amines) is 2. The zero-order valence-electron chi connectivity index (χ0n) is 19.4. The lowest BCUT2D eigenvalue weighted by atomic mass is 9.77. The number of halogens is 3. The third kappa shape index (κ3) is 6.11. The number of carboxylic acid groups (broad SMARTS) is 1. The van der Waals surface area contributed by atoms with E-state index in [0.717, 1.165) is 39.1 Å². The van der Waals surface area contributed by atoms with Crippen LogP contribution in [0.2, 0.25) is 0 Å². The van der Waals surface area contributed by atoms with Gasteiger partial charge in [-0.3, -0.25) is 4.79 Å². The minimum absolute atomic E-state index is 0.0908. The molecule has 1 N–H and O–H groups in total. The standard InChI is InChI=1S/C24H25N3OS.C2HF3O2/c28-23(22-14-29-18-25-22)27-12-11-24(17-27)15-26(16-24)13-21(19-7-3-1-4-8-19)20-9-5-2-6-10-20;3-2(4,5)1(6)7/h1-10,14,18,21H,11-13,15-17H2;(H,6,7). The number of rotatable bonds is 5. The second-order valence-electron chi connectivity index (χ2n) is 9.20. The number of hydrogen-bond donors (Lipinski definition) is 1. The van der Waals surface area contributed by atoms with Gasteiger partial charge < -0.3 is 14.9 Å². The van der Waals surface area contributed by atoms with Crippen molar-refractivity contribution >= 4 is 23.2 Å². The van der Waals surface area contributed by atoms with E-state index in [1.54, 1.807) is 5.51 Å². The maximum absolute atomic E-state index is 12.6. The van der Waals surface area contributed by atoms with Crippen LogP contribution in [0.25, 0.3) is 0 Å². The van der Waals surface area contributed by atoms with Crippen molar-refractivity contribution in [2.75, 3.05) is 32.7 Å². The van der Waals surface area contributed by atoms with Crippen molar-refractivity contribution in [1.82, 2.24) is 14.8 Å². The van der Waals surface area contributed by atoms with Gasteiger partial charge in [0.15, 0.2) is 0 Å². The summed E-state index contributed by atoms with van der Waals surface area (Å²) in [5, 5.41) is 8.98. The number of aliphatic carboxylic acids is 1. The van der Waals surface area contributed by atoms with Crippen LogP contribution in [0.15, 0.2) is 71.6 Å². The summed E-state index contributed by atoms with van der Waals surface area (Å²) in [5.41, 5.74) is 5.33. The molecule has 0 unspecified atom stereocenters. The predicted octanol–water partition coefficient (Wildman–Crippen LogP) is 4.76. The molecule has 2 aliphatic rings. The lowest BCUT2D eigenvalue weighted by molar-refractivity contribution is -0.192. The van der Waals surface area contributed by atoms with Crippen LogP contribution in [0.5, 0.6) is 0 Å². The summed E-state index contributed by atoms with van der Waals surface area (Å²) >= 11 is 1.48. The Balaban J connectivity index is 0.000000384. The van der Waals surface area contributed by atoms with E-state index in [2.05, 4.69) is 70.5 Å². The van der Waals surface area contributed by atoms with Gasteiger partial charge in [-0.1, -0.05) is 60.7 Å². The van der Waals surface area contributed by atoms with Crippen LogP contribution < -0.4 is 0 Å². The number of carboxylic acids is 1. The average Bonchev–Trinajstić information content (AvgIpc) is 3.53. The number of nitrogens with zero attached hydrogens (tertiary/aromatic N) is 3. The molecule has 6 nitrogen and oxygen atoms in total. The molecule has 36 heavy (non-hydrogen) atoms. The summed E-state index contributed by atoms with van der Waals surface area (Å²) in [6, 6.07) is 21.6. The number of thiazole rings is 1. The summed E-state index contributed by atoms with van der Waals surface area (Å²) in [6.07, 6.45) is -3.99. The molecule has 1 aromatic heterocycles. The molecule has 2 fully saturated rings. The molecule has 1 spiro atoms. The maximum Gasteiger partial charge on any atom is 0.490 e. The Morgan fingerprint density at radius 2 is 1.56 bits per heavy atom. The smallest absolute Gasteiger partial charge is 0.475 e. The Morgan fingerprint density at radius 3 is 2.03 bits per heavy atom. The maximum atomic E-state index is 12.6. The quantitative estimate of drug-likeness (QED) is 0.529. The van der Waals surface area contributed by atoms with Crippen LogP contribution in [-0.4, -0.2) is 70.7 Å². The molecule has 190 valence electrons. The van der Waals surface area contributed by atoms with Crippen LogP contribution in [0.4, 0.5) is 13.2 Å². The summed E-state index contributed by atoms with van der Waals surface area (Å²) in [7, 11) is 0. The molecule has 0 aliphatic carbocycles. The first kappa shape index (κ1) is 25.8. The van der Waals surface area contributed by atoms with Gasteiger partial charge in [0.05, 0.1) is 5.51 Å². The third-order valence-electron chi connectivity index (χ3n) is 6.58. The number of alkyl halides is 3. The van der Waals surface area contributed by atoms with Crippen molar-refractivity contribution in [1.29, 1.82) is 0 Å². The second kappa shape index (κ2) is 10.8. The van der Waals surface area contributed by atoms with Crippen molar-refractivity contribution in [2.24, 2.45) is 5.41 Å². The van der Waals surface area contributed by atoms with Crippen LogP contribution in [0.3, 0.4) is 0 Å². The summed E-state index contributed by atoms with van der Waals surface area (Å²) in [4.78, 5) is 30.3. The van der Waals surface area contributed by atoms with Gasteiger partial charge in [0, 0.05) is 49.4 Å². The molecule has 1 amide bonds. The van der Waals surface area contributed by atoms with E-state index < -0.39 is 12.1 Å². The molecule has 0 saturated carbocycles. The van der Waals surface area contributed by atoms with Gasteiger partial charge in [-0.25, -0.2) is 9.78 Å². The van der Waals surface area contributed by atoms with Crippen molar-refractivity contribution in [3.63, 3.8) is 0 Å². The van der Waals surface area contributed by atoms with Crippen LogP contribution in [-0.2, 0) is 4.79 Å². The number of carbonyl (C=O) groups is 2. The van der Waals surface area contributed by atoms with E-state index in [0.29, 0.717) is 11.6 Å². The second-order valence-corrected chi connectivity index (χ2v) is 9.92. The first-order valence-corrected chi connectivity index (χ1v) is 12.4. The molecular formula is C26H26F3N3O3S. The molecular weight excluding hydrogens is 491 g/mol. The SMILES string of the molecule is O=C(O)C(F)(F)F.O=C(c1cscn1)N1CCC2(CN(CC(c3ccccc3)c3ccccc3)C2)C1. The lowest BCUT2D eigenvalue weighted by Gasteiger charge is -2.49. The Bertz CT molecular complexity index is 1110. The lowest BCUT2D eigenvalue weighted by Crippen LogP contribution is -2.58. The molecule has 2 aromatic carbocycles. The van der Waals surface area contributed by atoms with Crippen molar-refractivity contribution in [3.05, 3.63) is 88.4 Å². The number of benzene rings is 2. The predicted molar refractivity (Wildman–Crippen MR) is 130 cm³/mol. The highest BCUT2D eigenvalue weighted by atomic mass is 32.1. The monoisotopic (exact) mass is 517 g/mol. The summed E-state index contributed by atoms with van der Waals surface area (Å²) in [6.45, 7) is 4.88. The van der Waals surface area contributed by atoms with E-state index in [1.807, 2.05) is 10.3 Å². The highest BCUT2D eigenvalue weighted by Gasteiger charge is 2.49. The number of carbonyl (C=O) groups excluding carboxylic acids is 1. The minimum Gasteiger partial charge on any atom is -0.475 e. The molecule has 0 bridgehead atoms. The van der Waals surface area contributed by atoms with E-state index in [4.69, 9.17) is 9.90 Å².